The van der Waals surface area contributed by atoms with Gasteiger partial charge in [-0.3, -0.25) is 5.10 Å². The highest BCUT2D eigenvalue weighted by Gasteiger charge is 2.39. The summed E-state index contributed by atoms with van der Waals surface area (Å²) >= 11 is 0. The van der Waals surface area contributed by atoms with Crippen LogP contribution in [0.3, 0.4) is 0 Å². The van der Waals surface area contributed by atoms with Gasteiger partial charge in [0.1, 0.15) is 17.2 Å². The number of pyridine rings is 1. The van der Waals surface area contributed by atoms with Gasteiger partial charge in [-0.15, -0.1) is 5.43 Å². The molecule has 6 nitrogen and oxygen atoms in total. The van der Waals surface area contributed by atoms with Crippen molar-refractivity contribution in [1.82, 2.24) is 25.2 Å². The van der Waals surface area contributed by atoms with Crippen molar-refractivity contribution in [1.29, 1.82) is 0 Å². The molecule has 17 heavy (non-hydrogen) atoms. The van der Waals surface area contributed by atoms with Gasteiger partial charge >= 0.3 is 0 Å². The van der Waals surface area contributed by atoms with Crippen LogP contribution in [-0.4, -0.2) is 27.9 Å². The predicted octanol–water partition coefficient (Wildman–Crippen LogP) is 0.602. The molecular weight excluding hydrogens is 216 g/mol. The fourth-order valence-electron chi connectivity index (χ4n) is 2.23. The molecule has 0 aromatic carbocycles. The van der Waals surface area contributed by atoms with Gasteiger partial charge in [-0.1, -0.05) is 0 Å². The Morgan fingerprint density at radius 1 is 1.47 bits per heavy atom. The molecule has 3 heterocycles. The van der Waals surface area contributed by atoms with E-state index in [9.17, 15) is 0 Å². The quantitative estimate of drug-likeness (QED) is 0.628. The van der Waals surface area contributed by atoms with Crippen LogP contribution in [0.25, 0.3) is 10.9 Å². The Labute approximate surface area is 98.7 Å². The molecule has 0 radical (unpaired) electrons. The summed E-state index contributed by atoms with van der Waals surface area (Å²) in [5.74, 6) is 0.877. The molecule has 3 rings (SSSR count). The van der Waals surface area contributed by atoms with Gasteiger partial charge in [0.15, 0.2) is 0 Å². The van der Waals surface area contributed by atoms with Crippen LogP contribution in [0.5, 0.6) is 0 Å². The average Bonchev–Trinajstić information content (AvgIpc) is 2.82. The number of quaternary nitrogens is 1. The Morgan fingerprint density at radius 2 is 2.29 bits per heavy atom. The van der Waals surface area contributed by atoms with Gasteiger partial charge < -0.3 is 5.73 Å². The third kappa shape index (κ3) is 1.54. The van der Waals surface area contributed by atoms with Gasteiger partial charge in [-0.05, 0) is 13.0 Å². The molecule has 2 aromatic heterocycles. The average molecular weight is 231 g/mol. The topological polar surface area (TPSA) is 79.6 Å². The Morgan fingerprint density at radius 3 is 3.00 bits per heavy atom. The molecule has 0 saturated carbocycles. The smallest absolute Gasteiger partial charge is 0.262 e. The van der Waals surface area contributed by atoms with E-state index < -0.39 is 5.66 Å². The Hall–Kier alpha value is -1.76. The van der Waals surface area contributed by atoms with Crippen molar-refractivity contribution in [3.63, 3.8) is 0 Å². The predicted molar refractivity (Wildman–Crippen MR) is 66.5 cm³/mol. The van der Waals surface area contributed by atoms with Crippen LogP contribution in [0.4, 0.5) is 5.82 Å². The van der Waals surface area contributed by atoms with Gasteiger partial charge in [0, 0.05) is 12.3 Å². The molecule has 2 unspecified atom stereocenters. The highest BCUT2D eigenvalue weighted by Crippen LogP contribution is 2.29. The number of aromatic amines is 1. The molecule has 4 N–H and O–H groups in total. The van der Waals surface area contributed by atoms with Crippen molar-refractivity contribution in [2.75, 3.05) is 7.05 Å². The number of H-pyrrole nitrogens is 1. The van der Waals surface area contributed by atoms with Crippen molar-refractivity contribution in [2.45, 2.75) is 12.6 Å². The molecule has 0 saturated heterocycles. The van der Waals surface area contributed by atoms with Crippen LogP contribution in [0, 0.1) is 0 Å². The molecule has 0 bridgehead atoms. The highest BCUT2D eigenvalue weighted by molar-refractivity contribution is 5.88. The minimum absolute atomic E-state index is 0.365. The Bertz CT molecular complexity index is 599. The number of nitrogens with one attached hydrogen (secondary N) is 2. The van der Waals surface area contributed by atoms with Crippen LogP contribution in [0.1, 0.15) is 6.92 Å². The van der Waals surface area contributed by atoms with Crippen molar-refractivity contribution < 1.29 is 0 Å². The number of hydrogen-bond donors (Lipinski definition) is 3. The molecule has 0 aliphatic carbocycles. The number of aromatic nitrogens is 3. The SMILES string of the molecule is CC1(N)C=C[N+](C)(c2nccc3[nH]ncc23)N1. The zero-order valence-corrected chi connectivity index (χ0v) is 9.81. The largest absolute Gasteiger partial charge is 0.306 e. The lowest BCUT2D eigenvalue weighted by molar-refractivity contribution is 0.267. The second-order valence-corrected chi connectivity index (χ2v) is 4.75. The van der Waals surface area contributed by atoms with Gasteiger partial charge in [-0.2, -0.15) is 9.69 Å². The van der Waals surface area contributed by atoms with Gasteiger partial charge in [0.05, 0.1) is 18.8 Å². The fourth-order valence-corrected chi connectivity index (χ4v) is 2.23. The molecular formula is C11H15N6+. The molecule has 0 spiro atoms. The minimum atomic E-state index is -0.525. The third-order valence-corrected chi connectivity index (χ3v) is 2.98. The molecule has 6 heteroatoms. The number of rotatable bonds is 1. The van der Waals surface area contributed by atoms with E-state index >= 15 is 0 Å². The molecule has 0 amide bonds. The van der Waals surface area contributed by atoms with E-state index in [-0.39, 0.29) is 0 Å². The van der Waals surface area contributed by atoms with E-state index in [2.05, 4.69) is 20.6 Å². The standard InChI is InChI=1S/C11H15N6/c1-11(12)4-6-17(2,16-11)10-8-7-14-15-9(8)3-5-13-10/h3-7,16H,12H2,1-2H3,(H,14,15)/q+1. The van der Waals surface area contributed by atoms with Crippen LogP contribution in [0.2, 0.25) is 0 Å². The molecule has 0 fully saturated rings. The highest BCUT2D eigenvalue weighted by atomic mass is 15.7. The van der Waals surface area contributed by atoms with E-state index in [1.54, 1.807) is 12.4 Å². The van der Waals surface area contributed by atoms with E-state index in [4.69, 9.17) is 5.73 Å². The van der Waals surface area contributed by atoms with Crippen molar-refractivity contribution in [2.24, 2.45) is 5.73 Å². The molecule has 1 aliphatic heterocycles. The second kappa shape index (κ2) is 3.13. The lowest BCUT2D eigenvalue weighted by Gasteiger charge is -2.28. The molecule has 88 valence electrons. The van der Waals surface area contributed by atoms with E-state index in [0.29, 0.717) is 4.59 Å². The van der Waals surface area contributed by atoms with Crippen LogP contribution >= 0.6 is 0 Å². The lowest BCUT2D eigenvalue weighted by Crippen LogP contribution is -2.60. The maximum Gasteiger partial charge on any atom is 0.262 e. The summed E-state index contributed by atoms with van der Waals surface area (Å²) in [5, 5.41) is 7.97. The summed E-state index contributed by atoms with van der Waals surface area (Å²) in [7, 11) is 2.00. The maximum absolute atomic E-state index is 6.05. The summed E-state index contributed by atoms with van der Waals surface area (Å²) in [6, 6.07) is 1.90. The first-order chi connectivity index (χ1) is 8.00. The van der Waals surface area contributed by atoms with Crippen LogP contribution < -0.4 is 15.8 Å². The molecule has 2 atom stereocenters. The van der Waals surface area contributed by atoms with Gasteiger partial charge in [0.2, 0.25) is 0 Å². The number of nitrogens with two attached hydrogens (primary N) is 1. The normalized spacial score (nSPS) is 32.4. The van der Waals surface area contributed by atoms with Crippen LogP contribution in [-0.2, 0) is 0 Å². The van der Waals surface area contributed by atoms with Gasteiger partial charge in [0.25, 0.3) is 5.82 Å². The van der Waals surface area contributed by atoms with Crippen LogP contribution in [0.15, 0.2) is 30.7 Å². The summed E-state index contributed by atoms with van der Waals surface area (Å²) in [6.45, 7) is 1.92. The molecule has 2 aromatic rings. The number of nitrogens with zero attached hydrogens (tertiary/aromatic N) is 3. The number of fused-ring (bicyclic) bond motifs is 1. The fraction of sp³-hybridized carbons (Fsp3) is 0.273. The summed E-state index contributed by atoms with van der Waals surface area (Å²) in [4.78, 5) is 4.44. The Kier molecular flexibility index (Phi) is 1.91. The maximum atomic E-state index is 6.05. The zero-order valence-electron chi connectivity index (χ0n) is 9.81. The number of hydrogen-bond acceptors (Lipinski definition) is 4. The first-order valence-corrected chi connectivity index (χ1v) is 5.44. The van der Waals surface area contributed by atoms with E-state index in [1.165, 1.54) is 0 Å². The first kappa shape index (κ1) is 10.4. The van der Waals surface area contributed by atoms with Crippen molar-refractivity contribution in [3.05, 3.63) is 30.7 Å². The summed E-state index contributed by atoms with van der Waals surface area (Å²) in [5.41, 5.74) is 9.79. The minimum Gasteiger partial charge on any atom is -0.306 e. The zero-order chi connectivity index (χ0) is 12.1. The second-order valence-electron chi connectivity index (χ2n) is 4.75. The first-order valence-electron chi connectivity index (χ1n) is 5.44. The van der Waals surface area contributed by atoms with Crippen molar-refractivity contribution >= 4 is 16.7 Å². The summed E-state index contributed by atoms with van der Waals surface area (Å²) < 4.78 is 0.365. The van der Waals surface area contributed by atoms with Gasteiger partial charge in [-0.25, -0.2) is 4.98 Å². The lowest BCUT2D eigenvalue weighted by atomic mass is 10.2. The monoisotopic (exact) mass is 231 g/mol. The van der Waals surface area contributed by atoms with Crippen molar-refractivity contribution in [3.8, 4) is 0 Å². The third-order valence-electron chi connectivity index (χ3n) is 2.98. The summed E-state index contributed by atoms with van der Waals surface area (Å²) in [6.07, 6.45) is 7.48. The van der Waals surface area contributed by atoms with E-state index in [0.717, 1.165) is 16.7 Å². The van der Waals surface area contributed by atoms with E-state index in [1.807, 2.05) is 32.3 Å². The Balaban J connectivity index is 2.17. The molecule has 1 aliphatic rings.